The van der Waals surface area contributed by atoms with E-state index in [1.54, 1.807) is 36.5 Å². The number of carboxylic acid groups (broad SMARTS) is 1. The average molecular weight is 536 g/mol. The molecule has 2 rings (SSSR count). The zero-order valence-electron chi connectivity index (χ0n) is 23.7. The maximum absolute atomic E-state index is 12.3. The van der Waals surface area contributed by atoms with Crippen LogP contribution in [0.2, 0.25) is 0 Å². The second-order valence-electron chi connectivity index (χ2n) is 9.83. The van der Waals surface area contributed by atoms with E-state index in [0.717, 1.165) is 31.2 Å². The molecule has 0 bridgehead atoms. The summed E-state index contributed by atoms with van der Waals surface area (Å²) in [6.07, 6.45) is 22.5. The molecule has 0 spiro atoms. The largest absolute Gasteiger partial charge is 0.493 e. The maximum Gasteiger partial charge on any atom is 0.335 e. The normalized spacial score (nSPS) is 11.3. The van der Waals surface area contributed by atoms with Crippen LogP contribution in [-0.4, -0.2) is 30.4 Å². The van der Waals surface area contributed by atoms with Crippen LogP contribution in [0.1, 0.15) is 113 Å². The van der Waals surface area contributed by atoms with E-state index in [1.165, 1.54) is 77.0 Å². The maximum atomic E-state index is 12.3. The van der Waals surface area contributed by atoms with Crippen LogP contribution < -0.4 is 9.47 Å². The third-order valence-electron chi connectivity index (χ3n) is 6.53. The topological polar surface area (TPSA) is 85.2 Å². The van der Waals surface area contributed by atoms with Crippen molar-refractivity contribution < 1.29 is 24.2 Å². The molecule has 2 aromatic rings. The Labute approximate surface area is 234 Å². The molecule has 0 saturated heterocycles. The number of aromatic carboxylic acids is 1. The number of carbonyl (C=O) groups excluding carboxylic acids is 1. The molecule has 0 aromatic heterocycles. The van der Waals surface area contributed by atoms with Crippen molar-refractivity contribution in [3.05, 3.63) is 65.7 Å². The van der Waals surface area contributed by atoms with Crippen LogP contribution in [0.4, 0.5) is 5.69 Å². The van der Waals surface area contributed by atoms with E-state index in [2.05, 4.69) is 24.1 Å². The van der Waals surface area contributed by atoms with E-state index in [-0.39, 0.29) is 11.5 Å². The minimum Gasteiger partial charge on any atom is -0.493 e. The standard InChI is InChI=1S/C33H45NO5/c1-3-4-5-6-7-8-9-10-11-12-13-14-15-16-17-18-32(35)39-30-24-19-27(25-31(30)38-2)26-34-29-22-20-28(21-23-29)33(36)37/h10-11,19-26H,3-9,12-18H2,1-2H3,(H,36,37)/b11-10-,34-26?. The Kier molecular flexibility index (Phi) is 16.0. The van der Waals surface area contributed by atoms with Crippen LogP contribution in [-0.2, 0) is 4.79 Å². The van der Waals surface area contributed by atoms with Crippen molar-refractivity contribution in [1.82, 2.24) is 0 Å². The van der Waals surface area contributed by atoms with Crippen molar-refractivity contribution in [2.75, 3.05) is 7.11 Å². The first-order valence-electron chi connectivity index (χ1n) is 14.4. The molecule has 6 nitrogen and oxygen atoms in total. The summed E-state index contributed by atoms with van der Waals surface area (Å²) < 4.78 is 10.9. The lowest BCUT2D eigenvalue weighted by Crippen LogP contribution is -2.08. The van der Waals surface area contributed by atoms with Gasteiger partial charge in [-0.05, 0) is 80.1 Å². The van der Waals surface area contributed by atoms with E-state index in [0.29, 0.717) is 23.6 Å². The number of carboxylic acids is 1. The minimum absolute atomic E-state index is 0.212. The molecule has 0 aliphatic rings. The molecule has 1 N–H and O–H groups in total. The molecule has 0 fully saturated rings. The number of nitrogens with zero attached hydrogens (tertiary/aromatic N) is 1. The highest BCUT2D eigenvalue weighted by Crippen LogP contribution is 2.28. The van der Waals surface area contributed by atoms with Gasteiger partial charge in [0.05, 0.1) is 18.4 Å². The number of aliphatic imine (C=N–C) groups is 1. The van der Waals surface area contributed by atoms with E-state index in [4.69, 9.17) is 14.6 Å². The first-order chi connectivity index (χ1) is 19.0. The Morgan fingerprint density at radius 2 is 1.41 bits per heavy atom. The van der Waals surface area contributed by atoms with Crippen LogP contribution in [0.3, 0.4) is 0 Å². The predicted octanol–water partition coefficient (Wildman–Crippen LogP) is 9.09. The second kappa shape index (κ2) is 19.6. The molecule has 0 amide bonds. The smallest absolute Gasteiger partial charge is 0.335 e. The van der Waals surface area contributed by atoms with Gasteiger partial charge in [-0.15, -0.1) is 0 Å². The van der Waals surface area contributed by atoms with Crippen LogP contribution in [0.5, 0.6) is 11.5 Å². The second-order valence-corrected chi connectivity index (χ2v) is 9.83. The molecular formula is C33H45NO5. The lowest BCUT2D eigenvalue weighted by molar-refractivity contribution is -0.134. The molecule has 0 unspecified atom stereocenters. The first kappa shape index (κ1) is 31.8. The van der Waals surface area contributed by atoms with Gasteiger partial charge in [-0.3, -0.25) is 9.79 Å². The molecule has 212 valence electrons. The van der Waals surface area contributed by atoms with Gasteiger partial charge in [-0.2, -0.15) is 0 Å². The molecule has 0 atom stereocenters. The summed E-state index contributed by atoms with van der Waals surface area (Å²) in [6, 6.07) is 11.5. The fourth-order valence-corrected chi connectivity index (χ4v) is 4.20. The molecule has 0 saturated carbocycles. The zero-order chi connectivity index (χ0) is 28.1. The number of hydrogen-bond acceptors (Lipinski definition) is 5. The third-order valence-corrected chi connectivity index (χ3v) is 6.53. The quantitative estimate of drug-likeness (QED) is 0.0601. The number of allylic oxidation sites excluding steroid dienone is 2. The van der Waals surface area contributed by atoms with Gasteiger partial charge in [-0.1, -0.05) is 70.4 Å². The molecule has 0 heterocycles. The summed E-state index contributed by atoms with van der Waals surface area (Å²) in [7, 11) is 1.53. The Morgan fingerprint density at radius 1 is 0.795 bits per heavy atom. The Hall–Kier alpha value is -3.41. The highest BCUT2D eigenvalue weighted by molar-refractivity contribution is 5.88. The fraction of sp³-hybridized carbons (Fsp3) is 0.485. The van der Waals surface area contributed by atoms with Crippen molar-refractivity contribution in [3.8, 4) is 11.5 Å². The number of methoxy groups -OCH3 is 1. The average Bonchev–Trinajstić information content (AvgIpc) is 2.94. The van der Waals surface area contributed by atoms with Gasteiger partial charge >= 0.3 is 11.9 Å². The Bertz CT molecular complexity index is 1040. The van der Waals surface area contributed by atoms with Crippen molar-refractivity contribution in [3.63, 3.8) is 0 Å². The molecular weight excluding hydrogens is 490 g/mol. The molecule has 0 radical (unpaired) electrons. The number of unbranched alkanes of at least 4 members (excludes halogenated alkanes) is 11. The summed E-state index contributed by atoms with van der Waals surface area (Å²) >= 11 is 0. The van der Waals surface area contributed by atoms with Gasteiger partial charge in [0, 0.05) is 12.6 Å². The number of hydrogen-bond donors (Lipinski definition) is 1. The van der Waals surface area contributed by atoms with Crippen molar-refractivity contribution >= 4 is 23.8 Å². The highest BCUT2D eigenvalue weighted by Gasteiger charge is 2.11. The minimum atomic E-state index is -0.974. The van der Waals surface area contributed by atoms with E-state index in [1.807, 2.05) is 0 Å². The van der Waals surface area contributed by atoms with Crippen LogP contribution in [0.15, 0.2) is 59.6 Å². The Morgan fingerprint density at radius 3 is 2.03 bits per heavy atom. The summed E-state index contributed by atoms with van der Waals surface area (Å²) in [5.74, 6) is -0.389. The van der Waals surface area contributed by atoms with Gasteiger partial charge in [0.15, 0.2) is 11.5 Å². The number of ether oxygens (including phenoxy) is 2. The van der Waals surface area contributed by atoms with Gasteiger partial charge in [0.2, 0.25) is 0 Å². The number of benzene rings is 2. The van der Waals surface area contributed by atoms with Crippen molar-refractivity contribution in [2.45, 2.75) is 96.8 Å². The van der Waals surface area contributed by atoms with Gasteiger partial charge in [-0.25, -0.2) is 4.79 Å². The lowest BCUT2D eigenvalue weighted by Gasteiger charge is -2.10. The van der Waals surface area contributed by atoms with Crippen LogP contribution in [0, 0.1) is 0 Å². The van der Waals surface area contributed by atoms with Crippen molar-refractivity contribution in [2.24, 2.45) is 4.99 Å². The fourth-order valence-electron chi connectivity index (χ4n) is 4.20. The SMILES string of the molecule is CCCCCCCC/C=C\CCCCCCCC(=O)Oc1ccc(C=Nc2ccc(C(=O)O)cc2)cc1OC. The van der Waals surface area contributed by atoms with E-state index >= 15 is 0 Å². The molecule has 39 heavy (non-hydrogen) atoms. The van der Waals surface area contributed by atoms with Gasteiger partial charge in [0.25, 0.3) is 0 Å². The molecule has 6 heteroatoms. The summed E-state index contributed by atoms with van der Waals surface area (Å²) in [5.41, 5.74) is 1.62. The third kappa shape index (κ3) is 13.8. The lowest BCUT2D eigenvalue weighted by atomic mass is 10.1. The molecule has 0 aliphatic carbocycles. The summed E-state index contributed by atoms with van der Waals surface area (Å²) in [4.78, 5) is 27.7. The van der Waals surface area contributed by atoms with Gasteiger partial charge < -0.3 is 14.6 Å². The predicted molar refractivity (Wildman–Crippen MR) is 159 cm³/mol. The van der Waals surface area contributed by atoms with Crippen molar-refractivity contribution in [1.29, 1.82) is 0 Å². The number of esters is 1. The van der Waals surface area contributed by atoms with E-state index in [9.17, 15) is 9.59 Å². The van der Waals surface area contributed by atoms with Gasteiger partial charge in [0.1, 0.15) is 0 Å². The van der Waals surface area contributed by atoms with E-state index < -0.39 is 5.97 Å². The number of carbonyl (C=O) groups is 2. The van der Waals surface area contributed by atoms with Crippen LogP contribution >= 0.6 is 0 Å². The summed E-state index contributed by atoms with van der Waals surface area (Å²) in [5, 5.41) is 8.99. The molecule has 0 aliphatic heterocycles. The summed E-state index contributed by atoms with van der Waals surface area (Å²) in [6.45, 7) is 2.26. The first-order valence-corrected chi connectivity index (χ1v) is 14.4. The van der Waals surface area contributed by atoms with Crippen LogP contribution in [0.25, 0.3) is 0 Å². The highest BCUT2D eigenvalue weighted by atomic mass is 16.6. The monoisotopic (exact) mass is 535 g/mol. The zero-order valence-corrected chi connectivity index (χ0v) is 23.7. The number of rotatable bonds is 20. The Balaban J connectivity index is 1.61. The molecule has 2 aromatic carbocycles.